The van der Waals surface area contributed by atoms with Crippen LogP contribution in [0.1, 0.15) is 31.1 Å². The number of halogens is 1. The summed E-state index contributed by atoms with van der Waals surface area (Å²) in [5, 5.41) is 16.1. The van der Waals surface area contributed by atoms with Gasteiger partial charge in [0.2, 0.25) is 0 Å². The molecule has 6 heteroatoms. The molecule has 1 unspecified atom stereocenters. The Morgan fingerprint density at radius 3 is 2.74 bits per heavy atom. The van der Waals surface area contributed by atoms with Crippen molar-refractivity contribution in [2.24, 2.45) is 0 Å². The largest absolute Gasteiger partial charge is 0.489 e. The average Bonchev–Trinajstić information content (AvgIpc) is 2.48. The monoisotopic (exact) mass is 340 g/mol. The summed E-state index contributed by atoms with van der Waals surface area (Å²) in [5.74, 6) is 0.203. The zero-order valence-electron chi connectivity index (χ0n) is 13.9. The summed E-state index contributed by atoms with van der Waals surface area (Å²) in [6, 6.07) is 4.78. The predicted molar refractivity (Wildman–Crippen MR) is 93.2 cm³/mol. The highest BCUT2D eigenvalue weighted by Gasteiger charge is 2.14. The third kappa shape index (κ3) is 7.50. The zero-order chi connectivity index (χ0) is 17.5. The molecule has 0 bridgehead atoms. The van der Waals surface area contributed by atoms with Gasteiger partial charge in [0.25, 0.3) is 5.91 Å². The van der Waals surface area contributed by atoms with E-state index >= 15 is 0 Å². The van der Waals surface area contributed by atoms with Crippen LogP contribution in [0, 0.1) is 0 Å². The molecule has 0 spiro atoms. The van der Waals surface area contributed by atoms with Gasteiger partial charge >= 0.3 is 0 Å². The lowest BCUT2D eigenvalue weighted by Gasteiger charge is -2.23. The number of carbonyl (C=O) groups is 1. The second kappa shape index (κ2) is 8.91. The Kier molecular flexibility index (Phi) is 7.55. The molecule has 0 saturated carbocycles. The van der Waals surface area contributed by atoms with Gasteiger partial charge in [-0.15, -0.1) is 6.58 Å². The highest BCUT2D eigenvalue weighted by atomic mass is 35.5. The van der Waals surface area contributed by atoms with Gasteiger partial charge in [-0.2, -0.15) is 0 Å². The van der Waals surface area contributed by atoms with Gasteiger partial charge in [0.15, 0.2) is 0 Å². The van der Waals surface area contributed by atoms with E-state index in [0.29, 0.717) is 29.4 Å². The van der Waals surface area contributed by atoms with Gasteiger partial charge in [0.1, 0.15) is 18.5 Å². The lowest BCUT2D eigenvalue weighted by molar-refractivity contribution is 0.0956. The van der Waals surface area contributed by atoms with E-state index in [1.54, 1.807) is 18.2 Å². The fourth-order valence-corrected chi connectivity index (χ4v) is 1.93. The van der Waals surface area contributed by atoms with Crippen molar-refractivity contribution >= 4 is 17.5 Å². The Balaban J connectivity index is 2.55. The maximum atomic E-state index is 11.8. The van der Waals surface area contributed by atoms with Gasteiger partial charge in [-0.1, -0.05) is 17.7 Å². The van der Waals surface area contributed by atoms with Crippen LogP contribution >= 0.6 is 11.6 Å². The molecule has 128 valence electrons. The first-order chi connectivity index (χ1) is 10.7. The maximum absolute atomic E-state index is 11.8. The summed E-state index contributed by atoms with van der Waals surface area (Å²) in [7, 11) is 0. The van der Waals surface area contributed by atoms with Crippen LogP contribution in [0.4, 0.5) is 0 Å². The third-order valence-electron chi connectivity index (χ3n) is 2.90. The Hall–Kier alpha value is -1.56. The molecule has 0 aliphatic heterocycles. The Morgan fingerprint density at radius 1 is 1.48 bits per heavy atom. The highest BCUT2D eigenvalue weighted by Crippen LogP contribution is 2.25. The standard InChI is InChI=1S/C17H25ClN2O3/c1-5-8-19-16(22)12-6-7-15(14(18)9-12)23-11-13(21)10-20-17(2,3)4/h5-7,9,13,20-21H,1,8,10-11H2,2-4H3,(H,19,22). The molecule has 1 amide bonds. The van der Waals surface area contributed by atoms with E-state index in [9.17, 15) is 9.90 Å². The Labute approximate surface area is 142 Å². The fraction of sp³-hybridized carbons (Fsp3) is 0.471. The number of carbonyl (C=O) groups excluding carboxylic acids is 1. The van der Waals surface area contributed by atoms with Gasteiger partial charge in [0, 0.05) is 24.2 Å². The molecule has 0 radical (unpaired) electrons. The summed E-state index contributed by atoms with van der Waals surface area (Å²) >= 11 is 6.12. The second-order valence-corrected chi connectivity index (χ2v) is 6.65. The van der Waals surface area contributed by atoms with Crippen molar-refractivity contribution in [1.29, 1.82) is 0 Å². The average molecular weight is 341 g/mol. The van der Waals surface area contributed by atoms with Crippen molar-refractivity contribution in [2.45, 2.75) is 32.4 Å². The maximum Gasteiger partial charge on any atom is 0.251 e. The van der Waals surface area contributed by atoms with Crippen LogP contribution in [0.5, 0.6) is 5.75 Å². The summed E-state index contributed by atoms with van der Waals surface area (Å²) in [6.45, 7) is 10.5. The van der Waals surface area contributed by atoms with Crippen molar-refractivity contribution in [1.82, 2.24) is 10.6 Å². The SMILES string of the molecule is C=CCNC(=O)c1ccc(OCC(O)CNC(C)(C)C)c(Cl)c1. The lowest BCUT2D eigenvalue weighted by atomic mass is 10.1. The molecule has 1 rings (SSSR count). The van der Waals surface area contributed by atoms with Crippen LogP contribution in [0.15, 0.2) is 30.9 Å². The first-order valence-corrected chi connectivity index (χ1v) is 7.85. The lowest BCUT2D eigenvalue weighted by Crippen LogP contribution is -2.42. The molecule has 1 aromatic rings. The minimum Gasteiger partial charge on any atom is -0.489 e. The number of rotatable bonds is 8. The van der Waals surface area contributed by atoms with E-state index in [0.717, 1.165) is 0 Å². The number of β-amino-alcohol motifs (C(OH)–C–C–N with tert-alkyl or cyclic N) is 1. The minimum atomic E-state index is -0.652. The fourth-order valence-electron chi connectivity index (χ4n) is 1.69. The molecule has 0 aliphatic rings. The van der Waals surface area contributed by atoms with Gasteiger partial charge in [-0.25, -0.2) is 0 Å². The molecule has 1 atom stereocenters. The van der Waals surface area contributed by atoms with Crippen molar-refractivity contribution < 1.29 is 14.6 Å². The normalized spacial score (nSPS) is 12.6. The number of benzene rings is 1. The van der Waals surface area contributed by atoms with E-state index < -0.39 is 6.10 Å². The Morgan fingerprint density at radius 2 is 2.17 bits per heavy atom. The second-order valence-electron chi connectivity index (χ2n) is 6.24. The van der Waals surface area contributed by atoms with Crippen LogP contribution in [0.25, 0.3) is 0 Å². The number of hydrogen-bond acceptors (Lipinski definition) is 4. The van der Waals surface area contributed by atoms with E-state index in [1.807, 2.05) is 20.8 Å². The topological polar surface area (TPSA) is 70.6 Å². The molecule has 0 aromatic heterocycles. The summed E-state index contributed by atoms with van der Waals surface area (Å²) < 4.78 is 5.51. The number of nitrogens with one attached hydrogen (secondary N) is 2. The Bertz CT molecular complexity index is 541. The molecule has 5 nitrogen and oxygen atoms in total. The highest BCUT2D eigenvalue weighted by molar-refractivity contribution is 6.32. The van der Waals surface area contributed by atoms with Crippen LogP contribution in [-0.4, -0.2) is 42.4 Å². The molecule has 23 heavy (non-hydrogen) atoms. The first kappa shape index (κ1) is 19.5. The summed E-state index contributed by atoms with van der Waals surface area (Å²) in [5.41, 5.74) is 0.373. The van der Waals surface area contributed by atoms with Crippen molar-refractivity contribution in [3.63, 3.8) is 0 Å². The van der Waals surface area contributed by atoms with Crippen LogP contribution in [0.2, 0.25) is 5.02 Å². The molecular weight excluding hydrogens is 316 g/mol. The van der Waals surface area contributed by atoms with Gasteiger partial charge in [-0.3, -0.25) is 4.79 Å². The van der Waals surface area contributed by atoms with E-state index in [4.69, 9.17) is 16.3 Å². The molecule has 0 saturated heterocycles. The number of aliphatic hydroxyl groups excluding tert-OH is 1. The molecule has 0 fully saturated rings. The quantitative estimate of drug-likeness (QED) is 0.635. The van der Waals surface area contributed by atoms with Crippen LogP contribution < -0.4 is 15.4 Å². The van der Waals surface area contributed by atoms with E-state index in [2.05, 4.69) is 17.2 Å². The van der Waals surface area contributed by atoms with Gasteiger partial charge in [0.05, 0.1) is 5.02 Å². The van der Waals surface area contributed by atoms with Crippen LogP contribution in [-0.2, 0) is 0 Å². The van der Waals surface area contributed by atoms with Crippen molar-refractivity contribution in [3.05, 3.63) is 41.4 Å². The molecule has 1 aromatic carbocycles. The van der Waals surface area contributed by atoms with E-state index in [-0.39, 0.29) is 18.1 Å². The van der Waals surface area contributed by atoms with Gasteiger partial charge in [-0.05, 0) is 39.0 Å². The van der Waals surface area contributed by atoms with Gasteiger partial charge < -0.3 is 20.5 Å². The van der Waals surface area contributed by atoms with Crippen molar-refractivity contribution in [3.8, 4) is 5.75 Å². The number of ether oxygens (including phenoxy) is 1. The van der Waals surface area contributed by atoms with Crippen molar-refractivity contribution in [2.75, 3.05) is 19.7 Å². The zero-order valence-corrected chi connectivity index (χ0v) is 14.6. The number of aliphatic hydroxyl groups is 1. The minimum absolute atomic E-state index is 0.0704. The van der Waals surface area contributed by atoms with E-state index in [1.165, 1.54) is 6.07 Å². The molecule has 0 heterocycles. The predicted octanol–water partition coefficient (Wildman–Crippen LogP) is 2.38. The third-order valence-corrected chi connectivity index (χ3v) is 3.20. The molecule has 0 aliphatic carbocycles. The summed E-state index contributed by atoms with van der Waals surface area (Å²) in [4.78, 5) is 11.8. The smallest absolute Gasteiger partial charge is 0.251 e. The number of hydrogen-bond donors (Lipinski definition) is 3. The first-order valence-electron chi connectivity index (χ1n) is 7.47. The molecule has 3 N–H and O–H groups in total. The van der Waals surface area contributed by atoms with Crippen LogP contribution in [0.3, 0.4) is 0 Å². The molecular formula is C17H25ClN2O3. The number of amides is 1. The summed E-state index contributed by atoms with van der Waals surface area (Å²) in [6.07, 6.45) is 0.949.